The van der Waals surface area contributed by atoms with Crippen LogP contribution in [-0.2, 0) is 4.79 Å². The number of hydrogen-bond acceptors (Lipinski definition) is 6. The smallest absolute Gasteiger partial charge is 0.282 e. The first-order chi connectivity index (χ1) is 19.5. The molecular weight excluding hydrogens is 511 g/mol. The van der Waals surface area contributed by atoms with Crippen LogP contribution in [0.25, 0.3) is 33.5 Å². The lowest BCUT2D eigenvalue weighted by atomic mass is 10.2. The fourth-order valence-electron chi connectivity index (χ4n) is 4.14. The van der Waals surface area contributed by atoms with E-state index < -0.39 is 0 Å². The number of hydrogen-bond donors (Lipinski definition) is 1. The standard InChI is InChI=1S/C31H21FN4O4/c32-22-11-13-23(14-12-22)34-29(37)19-39-24-15-9-20(10-16-24)18-33-36-30(28-17-21-5-1-4-8-27(21)40-28)35-26-7-3-2-6-25(26)31(36)38/h1-18H,19H2,(H,34,37). The minimum Gasteiger partial charge on any atom is -0.484 e. The monoisotopic (exact) mass is 532 g/mol. The van der Waals surface area contributed by atoms with Crippen LogP contribution in [-0.4, -0.2) is 28.4 Å². The molecule has 0 atom stereocenters. The summed E-state index contributed by atoms with van der Waals surface area (Å²) in [6.45, 7) is -0.218. The van der Waals surface area contributed by atoms with Gasteiger partial charge in [-0.25, -0.2) is 9.37 Å². The number of benzene rings is 4. The number of aromatic nitrogens is 2. The average molecular weight is 533 g/mol. The fraction of sp³-hybridized carbons (Fsp3) is 0.0323. The summed E-state index contributed by atoms with van der Waals surface area (Å²) in [6, 6.07) is 28.8. The van der Waals surface area contributed by atoms with Crippen molar-refractivity contribution >= 4 is 39.7 Å². The molecule has 2 aromatic heterocycles. The lowest BCUT2D eigenvalue weighted by Gasteiger charge is -2.08. The highest BCUT2D eigenvalue weighted by atomic mass is 19.1. The molecule has 0 bridgehead atoms. The van der Waals surface area contributed by atoms with Crippen LogP contribution in [0.2, 0.25) is 0 Å². The second-order valence-electron chi connectivity index (χ2n) is 8.88. The van der Waals surface area contributed by atoms with Gasteiger partial charge in [0.2, 0.25) is 5.82 Å². The van der Waals surface area contributed by atoms with Crippen LogP contribution >= 0.6 is 0 Å². The van der Waals surface area contributed by atoms with E-state index in [4.69, 9.17) is 9.15 Å². The molecule has 6 rings (SSSR count). The molecule has 40 heavy (non-hydrogen) atoms. The molecule has 0 saturated heterocycles. The third-order valence-electron chi connectivity index (χ3n) is 6.10. The molecule has 1 N–H and O–H groups in total. The predicted molar refractivity (Wildman–Crippen MR) is 151 cm³/mol. The molecule has 2 heterocycles. The molecule has 0 unspecified atom stereocenters. The normalized spacial score (nSPS) is 11.3. The molecule has 4 aromatic carbocycles. The Kier molecular flexibility index (Phi) is 6.60. The van der Waals surface area contributed by atoms with Crippen LogP contribution in [0, 0.1) is 5.82 Å². The second-order valence-corrected chi connectivity index (χ2v) is 8.88. The number of para-hydroxylation sites is 2. The Bertz CT molecular complexity index is 1890. The van der Waals surface area contributed by atoms with Crippen molar-refractivity contribution in [3.63, 3.8) is 0 Å². The molecule has 0 aliphatic carbocycles. The summed E-state index contributed by atoms with van der Waals surface area (Å²) < 4.78 is 25.8. The fourth-order valence-corrected chi connectivity index (χ4v) is 4.14. The third-order valence-corrected chi connectivity index (χ3v) is 6.10. The summed E-state index contributed by atoms with van der Waals surface area (Å²) >= 11 is 0. The molecule has 0 spiro atoms. The Hall–Kier alpha value is -5.57. The summed E-state index contributed by atoms with van der Waals surface area (Å²) in [7, 11) is 0. The van der Waals surface area contributed by atoms with Gasteiger partial charge in [0.25, 0.3) is 11.5 Å². The van der Waals surface area contributed by atoms with Crippen molar-refractivity contribution < 1.29 is 18.3 Å². The zero-order valence-electron chi connectivity index (χ0n) is 21.0. The van der Waals surface area contributed by atoms with Crippen molar-refractivity contribution in [1.82, 2.24) is 9.66 Å². The Balaban J connectivity index is 1.23. The van der Waals surface area contributed by atoms with Crippen molar-refractivity contribution in [1.29, 1.82) is 0 Å². The van der Waals surface area contributed by atoms with E-state index in [0.717, 1.165) is 5.39 Å². The van der Waals surface area contributed by atoms with Gasteiger partial charge in [-0.15, -0.1) is 0 Å². The maximum absolute atomic E-state index is 13.4. The maximum atomic E-state index is 13.4. The van der Waals surface area contributed by atoms with Gasteiger partial charge in [-0.2, -0.15) is 9.78 Å². The molecule has 8 nitrogen and oxygen atoms in total. The molecule has 0 aliphatic rings. The van der Waals surface area contributed by atoms with Gasteiger partial charge in [0.15, 0.2) is 12.4 Å². The molecule has 0 aliphatic heterocycles. The lowest BCUT2D eigenvalue weighted by Crippen LogP contribution is -2.20. The number of halogens is 1. The van der Waals surface area contributed by atoms with Gasteiger partial charge < -0.3 is 14.5 Å². The first-order valence-electron chi connectivity index (χ1n) is 12.4. The van der Waals surface area contributed by atoms with Gasteiger partial charge >= 0.3 is 0 Å². The van der Waals surface area contributed by atoms with Gasteiger partial charge in [-0.3, -0.25) is 9.59 Å². The largest absolute Gasteiger partial charge is 0.484 e. The van der Waals surface area contributed by atoms with E-state index >= 15 is 0 Å². The number of carbonyl (C=O) groups excluding carboxylic acids is 1. The van der Waals surface area contributed by atoms with Gasteiger partial charge in [-0.1, -0.05) is 30.3 Å². The highest BCUT2D eigenvalue weighted by molar-refractivity contribution is 5.92. The number of rotatable bonds is 7. The van der Waals surface area contributed by atoms with Crippen LogP contribution in [0.15, 0.2) is 117 Å². The van der Waals surface area contributed by atoms with E-state index in [1.54, 1.807) is 42.5 Å². The topological polar surface area (TPSA) is 98.7 Å². The van der Waals surface area contributed by atoms with Gasteiger partial charge in [0, 0.05) is 11.1 Å². The van der Waals surface area contributed by atoms with Gasteiger partial charge in [0.05, 0.1) is 17.1 Å². The molecule has 0 fully saturated rings. The number of carbonyl (C=O) groups is 1. The minimum atomic E-state index is -0.384. The highest BCUT2D eigenvalue weighted by Gasteiger charge is 2.16. The van der Waals surface area contributed by atoms with Crippen LogP contribution in [0.1, 0.15) is 5.56 Å². The predicted octanol–water partition coefficient (Wildman–Crippen LogP) is 5.85. The molecule has 0 saturated carbocycles. The SMILES string of the molecule is O=C(COc1ccc(C=Nn2c(-c3cc4ccccc4o3)nc3ccccc3c2=O)cc1)Nc1ccc(F)cc1. The Morgan fingerprint density at radius 2 is 1.73 bits per heavy atom. The molecule has 196 valence electrons. The summed E-state index contributed by atoms with van der Waals surface area (Å²) in [5.74, 6) is 0.412. The maximum Gasteiger partial charge on any atom is 0.282 e. The zero-order valence-corrected chi connectivity index (χ0v) is 21.0. The number of amides is 1. The van der Waals surface area contributed by atoms with E-state index in [9.17, 15) is 14.0 Å². The van der Waals surface area contributed by atoms with E-state index in [1.807, 2.05) is 36.4 Å². The first-order valence-corrected chi connectivity index (χ1v) is 12.4. The minimum absolute atomic E-state index is 0.218. The Morgan fingerprint density at radius 1 is 0.975 bits per heavy atom. The summed E-state index contributed by atoms with van der Waals surface area (Å²) in [5, 5.41) is 8.41. The zero-order chi connectivity index (χ0) is 27.5. The van der Waals surface area contributed by atoms with Gasteiger partial charge in [0.1, 0.15) is 17.1 Å². The number of anilines is 1. The lowest BCUT2D eigenvalue weighted by molar-refractivity contribution is -0.118. The number of nitrogens with zero attached hydrogens (tertiary/aromatic N) is 3. The van der Waals surface area contributed by atoms with Crippen LogP contribution in [0.3, 0.4) is 0 Å². The van der Waals surface area contributed by atoms with E-state index in [-0.39, 0.29) is 29.7 Å². The van der Waals surface area contributed by atoms with Crippen LogP contribution in [0.5, 0.6) is 5.75 Å². The average Bonchev–Trinajstić information content (AvgIpc) is 3.42. The van der Waals surface area contributed by atoms with Crippen LogP contribution < -0.4 is 15.6 Å². The number of ether oxygens (including phenoxy) is 1. The van der Waals surface area contributed by atoms with Gasteiger partial charge in [-0.05, 0) is 78.4 Å². The number of fused-ring (bicyclic) bond motifs is 2. The second kappa shape index (κ2) is 10.7. The summed E-state index contributed by atoms with van der Waals surface area (Å²) in [4.78, 5) is 30.2. The van der Waals surface area contributed by atoms with Crippen molar-refractivity contribution in [2.75, 3.05) is 11.9 Å². The van der Waals surface area contributed by atoms with Crippen molar-refractivity contribution in [3.8, 4) is 17.3 Å². The molecule has 1 amide bonds. The molecule has 6 aromatic rings. The van der Waals surface area contributed by atoms with Crippen molar-refractivity contribution in [2.45, 2.75) is 0 Å². The molecule has 9 heteroatoms. The van der Waals surface area contributed by atoms with Crippen molar-refractivity contribution in [3.05, 3.63) is 125 Å². The Morgan fingerprint density at radius 3 is 2.52 bits per heavy atom. The van der Waals surface area contributed by atoms with E-state index in [1.165, 1.54) is 35.2 Å². The number of furan rings is 1. The summed E-state index contributed by atoms with van der Waals surface area (Å²) in [6.07, 6.45) is 1.54. The molecular formula is C31H21FN4O4. The first kappa shape index (κ1) is 24.7. The van der Waals surface area contributed by atoms with E-state index in [0.29, 0.717) is 39.2 Å². The number of nitrogens with one attached hydrogen (secondary N) is 1. The quantitative estimate of drug-likeness (QED) is 0.260. The molecule has 0 radical (unpaired) electrons. The highest BCUT2D eigenvalue weighted by Crippen LogP contribution is 2.27. The van der Waals surface area contributed by atoms with Crippen molar-refractivity contribution in [2.24, 2.45) is 5.10 Å². The summed E-state index contributed by atoms with van der Waals surface area (Å²) in [5.41, 5.74) is 2.06. The Labute approximate surface area is 227 Å². The van der Waals surface area contributed by atoms with Crippen LogP contribution in [0.4, 0.5) is 10.1 Å². The van der Waals surface area contributed by atoms with E-state index in [2.05, 4.69) is 15.4 Å². The third kappa shape index (κ3) is 5.21.